The lowest BCUT2D eigenvalue weighted by Gasteiger charge is -2.26. The van der Waals surface area contributed by atoms with Crippen molar-refractivity contribution >= 4 is 23.4 Å². The lowest BCUT2D eigenvalue weighted by molar-refractivity contribution is -0.136. The normalized spacial score (nSPS) is 16.3. The smallest absolute Gasteiger partial charge is 0.338 e. The largest absolute Gasteiger partial charge is 0.493 e. The molecular weight excluding hydrogens is 496 g/mol. The number of benzene rings is 2. The summed E-state index contributed by atoms with van der Waals surface area (Å²) in [6, 6.07) is 10.1. The van der Waals surface area contributed by atoms with Gasteiger partial charge in [-0.1, -0.05) is 36.5 Å². The molecule has 0 bridgehead atoms. The molecule has 192 valence electrons. The number of aromatic nitrogens is 1. The molecule has 3 heterocycles. The molecule has 5 rings (SSSR count). The van der Waals surface area contributed by atoms with E-state index in [0.29, 0.717) is 50.2 Å². The molecule has 2 aromatic carbocycles. The van der Waals surface area contributed by atoms with E-state index in [1.54, 1.807) is 38.3 Å². The van der Waals surface area contributed by atoms with Gasteiger partial charge in [-0.05, 0) is 43.2 Å². The summed E-state index contributed by atoms with van der Waals surface area (Å²) in [5, 5.41) is 0. The molecule has 2 aliphatic rings. The van der Waals surface area contributed by atoms with E-state index < -0.39 is 12.0 Å². The summed E-state index contributed by atoms with van der Waals surface area (Å²) in [6.45, 7) is 4.34. The maximum atomic E-state index is 13.9. The maximum Gasteiger partial charge on any atom is 0.338 e. The Kier molecular flexibility index (Phi) is 6.75. The van der Waals surface area contributed by atoms with Crippen LogP contribution in [0, 0.1) is 0 Å². The van der Waals surface area contributed by atoms with Crippen LogP contribution in [0.4, 0.5) is 0 Å². The summed E-state index contributed by atoms with van der Waals surface area (Å²) in [5.41, 5.74) is 1.84. The summed E-state index contributed by atoms with van der Waals surface area (Å²) in [7, 11) is 2.86. The van der Waals surface area contributed by atoms with Crippen LogP contribution in [0.25, 0.3) is 6.08 Å². The van der Waals surface area contributed by atoms with Crippen LogP contribution in [0.15, 0.2) is 57.5 Å². The molecule has 0 N–H and O–H groups in total. The minimum absolute atomic E-state index is 0.166. The number of methoxy groups -OCH3 is 2. The number of hydrogen-bond donors (Lipinski definition) is 0. The number of esters is 1. The van der Waals surface area contributed by atoms with Crippen molar-refractivity contribution in [3.05, 3.63) is 78.5 Å². The van der Waals surface area contributed by atoms with Gasteiger partial charge in [0.05, 0.1) is 36.6 Å². The van der Waals surface area contributed by atoms with Gasteiger partial charge in [-0.2, -0.15) is 0 Å². The predicted molar refractivity (Wildman–Crippen MR) is 137 cm³/mol. The van der Waals surface area contributed by atoms with Crippen molar-refractivity contribution in [2.24, 2.45) is 4.99 Å². The maximum absolute atomic E-state index is 13.9. The van der Waals surface area contributed by atoms with Crippen molar-refractivity contribution in [3.8, 4) is 23.0 Å². The highest BCUT2D eigenvalue weighted by Crippen LogP contribution is 2.41. The van der Waals surface area contributed by atoms with Gasteiger partial charge in [0.2, 0.25) is 6.79 Å². The Morgan fingerprint density at radius 1 is 1.22 bits per heavy atom. The lowest BCUT2D eigenvalue weighted by atomic mass is 9.94. The fourth-order valence-corrected chi connectivity index (χ4v) is 5.46. The standard InChI is InChI=1S/C27H26N2O7S/c1-5-11-34-24-17(7-6-8-19(24)32-3)23-22(26(31)33-4)15(2)28-27-29(23)25(30)21(37-27)13-16-9-10-18-20(12-16)36-14-35-18/h6-10,12-13,23H,5,11,14H2,1-4H3/b21-13-/t23-/m1/s1. The lowest BCUT2D eigenvalue weighted by Crippen LogP contribution is -2.40. The van der Waals surface area contributed by atoms with Gasteiger partial charge in [-0.25, -0.2) is 9.79 Å². The molecular formula is C27H26N2O7S. The number of fused-ring (bicyclic) bond motifs is 2. The van der Waals surface area contributed by atoms with Crippen molar-refractivity contribution in [2.75, 3.05) is 27.6 Å². The summed E-state index contributed by atoms with van der Waals surface area (Å²) in [6.07, 6.45) is 2.55. The van der Waals surface area contributed by atoms with Gasteiger partial charge < -0.3 is 23.7 Å². The zero-order valence-corrected chi connectivity index (χ0v) is 21.7. The van der Waals surface area contributed by atoms with Crippen LogP contribution in [0.5, 0.6) is 23.0 Å². The van der Waals surface area contributed by atoms with Crippen LogP contribution in [0.2, 0.25) is 0 Å². The molecule has 2 aliphatic heterocycles. The first kappa shape index (κ1) is 24.6. The molecule has 0 unspecified atom stereocenters. The first-order valence-electron chi connectivity index (χ1n) is 11.8. The number of carbonyl (C=O) groups excluding carboxylic acids is 1. The molecule has 0 saturated heterocycles. The monoisotopic (exact) mass is 522 g/mol. The van der Waals surface area contributed by atoms with E-state index in [2.05, 4.69) is 4.99 Å². The quantitative estimate of drug-likeness (QED) is 0.440. The minimum atomic E-state index is -0.815. The van der Waals surface area contributed by atoms with Gasteiger partial charge in [-0.3, -0.25) is 9.36 Å². The molecule has 1 atom stereocenters. The van der Waals surface area contributed by atoms with Crippen LogP contribution >= 0.6 is 11.3 Å². The van der Waals surface area contributed by atoms with Crippen LogP contribution in [-0.2, 0) is 9.53 Å². The summed E-state index contributed by atoms with van der Waals surface area (Å²) >= 11 is 1.25. The third kappa shape index (κ3) is 4.37. The van der Waals surface area contributed by atoms with Crippen molar-refractivity contribution in [1.82, 2.24) is 4.57 Å². The van der Waals surface area contributed by atoms with Crippen LogP contribution in [0.3, 0.4) is 0 Å². The highest BCUT2D eigenvalue weighted by Gasteiger charge is 2.35. The molecule has 0 saturated carbocycles. The number of nitrogens with zero attached hydrogens (tertiary/aromatic N) is 2. The average molecular weight is 523 g/mol. The van der Waals surface area contributed by atoms with Gasteiger partial charge in [-0.15, -0.1) is 0 Å². The van der Waals surface area contributed by atoms with Gasteiger partial charge in [0.25, 0.3) is 5.56 Å². The average Bonchev–Trinajstić information content (AvgIpc) is 3.49. The molecule has 0 aliphatic carbocycles. The molecule has 0 spiro atoms. The van der Waals surface area contributed by atoms with Crippen LogP contribution < -0.4 is 33.8 Å². The Labute approximate surface area is 216 Å². The molecule has 37 heavy (non-hydrogen) atoms. The van der Waals surface area contributed by atoms with E-state index in [-0.39, 0.29) is 17.9 Å². The molecule has 0 fully saturated rings. The zero-order valence-electron chi connectivity index (χ0n) is 20.9. The summed E-state index contributed by atoms with van der Waals surface area (Å²) < 4.78 is 29.6. The van der Waals surface area contributed by atoms with Crippen molar-refractivity contribution in [1.29, 1.82) is 0 Å². The Morgan fingerprint density at radius 3 is 2.78 bits per heavy atom. The summed E-state index contributed by atoms with van der Waals surface area (Å²) in [4.78, 5) is 31.9. The number of allylic oxidation sites excluding steroid dienone is 1. The highest BCUT2D eigenvalue weighted by atomic mass is 32.1. The molecule has 0 radical (unpaired) electrons. The topological polar surface area (TPSA) is 97.6 Å². The van der Waals surface area contributed by atoms with Gasteiger partial charge >= 0.3 is 5.97 Å². The number of thiazole rings is 1. The fraction of sp³-hybridized carbons (Fsp3) is 0.296. The minimum Gasteiger partial charge on any atom is -0.493 e. The van der Waals surface area contributed by atoms with E-state index in [1.165, 1.54) is 23.0 Å². The molecule has 0 amide bonds. The second-order valence-electron chi connectivity index (χ2n) is 8.41. The molecule has 9 nitrogen and oxygen atoms in total. The second-order valence-corrected chi connectivity index (χ2v) is 9.42. The molecule has 1 aromatic heterocycles. The first-order chi connectivity index (χ1) is 18.0. The van der Waals surface area contributed by atoms with E-state index in [1.807, 2.05) is 25.1 Å². The second kappa shape index (κ2) is 10.1. The van der Waals surface area contributed by atoms with E-state index in [0.717, 1.165) is 12.0 Å². The third-order valence-corrected chi connectivity index (χ3v) is 7.08. The van der Waals surface area contributed by atoms with E-state index >= 15 is 0 Å². The van der Waals surface area contributed by atoms with Crippen LogP contribution in [0.1, 0.15) is 37.4 Å². The van der Waals surface area contributed by atoms with Gasteiger partial charge in [0.1, 0.15) is 6.04 Å². The number of hydrogen-bond acceptors (Lipinski definition) is 9. The first-order valence-corrected chi connectivity index (χ1v) is 12.6. The highest BCUT2D eigenvalue weighted by molar-refractivity contribution is 7.07. The zero-order chi connectivity index (χ0) is 26.1. The van der Waals surface area contributed by atoms with Crippen molar-refractivity contribution < 1.29 is 28.5 Å². The fourth-order valence-electron chi connectivity index (χ4n) is 4.41. The third-order valence-electron chi connectivity index (χ3n) is 6.10. The van der Waals surface area contributed by atoms with Gasteiger partial charge in [0, 0.05) is 5.56 Å². The Morgan fingerprint density at radius 2 is 2.03 bits per heavy atom. The van der Waals surface area contributed by atoms with E-state index in [4.69, 9.17) is 23.7 Å². The number of para-hydroxylation sites is 1. The predicted octanol–water partition coefficient (Wildman–Crippen LogP) is 2.93. The number of ether oxygens (including phenoxy) is 5. The number of rotatable bonds is 7. The Bertz CT molecular complexity index is 1580. The van der Waals surface area contributed by atoms with E-state index in [9.17, 15) is 9.59 Å². The Balaban J connectivity index is 1.73. The number of carbonyl (C=O) groups is 1. The van der Waals surface area contributed by atoms with Crippen molar-refractivity contribution in [2.45, 2.75) is 26.3 Å². The summed E-state index contributed by atoms with van der Waals surface area (Å²) in [5.74, 6) is 1.69. The molecule has 3 aromatic rings. The SMILES string of the molecule is CCCOc1c(OC)cccc1[C@@H]1C(C(=O)OC)=C(C)N=c2s/c(=C\c3ccc4c(c3)OCO4)c(=O)n21. The van der Waals surface area contributed by atoms with Crippen molar-refractivity contribution in [3.63, 3.8) is 0 Å². The van der Waals surface area contributed by atoms with Gasteiger partial charge in [0.15, 0.2) is 27.8 Å². The molecule has 10 heteroatoms. The Hall–Kier alpha value is -4.05. The van der Waals surface area contributed by atoms with Crippen LogP contribution in [-0.4, -0.2) is 38.2 Å².